The number of aromatic nitrogens is 3. The van der Waals surface area contributed by atoms with E-state index in [0.717, 1.165) is 17.5 Å². The van der Waals surface area contributed by atoms with Crippen molar-refractivity contribution >= 4 is 41.0 Å². The number of hydrogen-bond donors (Lipinski definition) is 2. The Morgan fingerprint density at radius 3 is 2.38 bits per heavy atom. The van der Waals surface area contributed by atoms with Crippen molar-refractivity contribution in [3.8, 4) is 0 Å². The van der Waals surface area contributed by atoms with Gasteiger partial charge in [0.25, 0.3) is 11.9 Å². The molecule has 0 fully saturated rings. The van der Waals surface area contributed by atoms with E-state index in [9.17, 15) is 4.79 Å². The van der Waals surface area contributed by atoms with E-state index in [1.807, 2.05) is 48.5 Å². The molecule has 0 bridgehead atoms. The van der Waals surface area contributed by atoms with Gasteiger partial charge in [0.2, 0.25) is 5.95 Å². The molecule has 2 aromatic carbocycles. The molecule has 1 aromatic heterocycles. The summed E-state index contributed by atoms with van der Waals surface area (Å²) in [4.78, 5) is 16.3. The molecule has 0 radical (unpaired) electrons. The predicted molar refractivity (Wildman–Crippen MR) is 113 cm³/mol. The van der Waals surface area contributed by atoms with E-state index in [2.05, 4.69) is 20.7 Å². The Labute approximate surface area is 178 Å². The van der Waals surface area contributed by atoms with E-state index >= 15 is 0 Å². The van der Waals surface area contributed by atoms with Crippen LogP contribution in [0.1, 0.15) is 29.6 Å². The van der Waals surface area contributed by atoms with E-state index in [1.54, 1.807) is 4.68 Å². The number of hydrogen-bond acceptors (Lipinski definition) is 5. The smallest absolute Gasteiger partial charge is 0.252 e. The number of amides is 1. The lowest BCUT2D eigenvalue weighted by Crippen LogP contribution is -2.28. The zero-order valence-corrected chi connectivity index (χ0v) is 17.1. The van der Waals surface area contributed by atoms with Crippen LogP contribution in [-0.2, 0) is 9.53 Å². The van der Waals surface area contributed by atoms with Crippen LogP contribution in [0, 0.1) is 0 Å². The van der Waals surface area contributed by atoms with Crippen LogP contribution in [0.4, 0.5) is 11.9 Å². The Balaban J connectivity index is 1.69. The highest BCUT2D eigenvalue weighted by Gasteiger charge is 2.31. The van der Waals surface area contributed by atoms with Gasteiger partial charge in [-0.15, -0.1) is 5.10 Å². The van der Waals surface area contributed by atoms with Crippen molar-refractivity contribution in [1.82, 2.24) is 14.8 Å². The first-order valence-electron chi connectivity index (χ1n) is 9.06. The monoisotopic (exact) mass is 431 g/mol. The summed E-state index contributed by atoms with van der Waals surface area (Å²) < 4.78 is 6.64. The molecule has 0 saturated carbocycles. The molecule has 4 rings (SSSR count). The number of carbonyl (C=O) groups is 1. The fourth-order valence-electron chi connectivity index (χ4n) is 3.40. The largest absolute Gasteiger partial charge is 0.375 e. The van der Waals surface area contributed by atoms with Gasteiger partial charge < -0.3 is 10.1 Å². The van der Waals surface area contributed by atoms with Crippen molar-refractivity contribution in [2.75, 3.05) is 24.4 Å². The molecule has 7 nitrogen and oxygen atoms in total. The highest BCUT2D eigenvalue weighted by molar-refractivity contribution is 6.30. The van der Waals surface area contributed by atoms with Crippen LogP contribution in [0.3, 0.4) is 0 Å². The summed E-state index contributed by atoms with van der Waals surface area (Å²) in [6.07, 6.45) is 0.741. The number of ether oxygens (including phenoxy) is 1. The Bertz CT molecular complexity index is 1000. The molecule has 0 unspecified atom stereocenters. The minimum Gasteiger partial charge on any atom is -0.375 e. The molecular formula is C20H19Cl2N5O2. The lowest BCUT2D eigenvalue weighted by atomic mass is 9.93. The van der Waals surface area contributed by atoms with E-state index in [0.29, 0.717) is 16.0 Å². The second-order valence-electron chi connectivity index (χ2n) is 6.74. The fourth-order valence-corrected chi connectivity index (χ4v) is 3.65. The minimum absolute atomic E-state index is 0.00664. The number of halogens is 2. The first kappa shape index (κ1) is 19.7. The minimum atomic E-state index is -0.312. The van der Waals surface area contributed by atoms with Gasteiger partial charge in [0.05, 0.1) is 12.1 Å². The first-order valence-corrected chi connectivity index (χ1v) is 9.82. The van der Waals surface area contributed by atoms with Gasteiger partial charge in [-0.3, -0.25) is 10.1 Å². The van der Waals surface area contributed by atoms with Crippen LogP contribution in [0.2, 0.25) is 10.0 Å². The number of rotatable bonds is 5. The average molecular weight is 432 g/mol. The number of fused-ring (bicyclic) bond motifs is 1. The number of nitrogens with zero attached hydrogens (tertiary/aromatic N) is 3. The van der Waals surface area contributed by atoms with Crippen LogP contribution in [0.25, 0.3) is 0 Å². The normalized spacial score (nSPS) is 18.0. The van der Waals surface area contributed by atoms with Crippen molar-refractivity contribution in [2.24, 2.45) is 0 Å². The number of anilines is 2. The van der Waals surface area contributed by atoms with Gasteiger partial charge >= 0.3 is 0 Å². The summed E-state index contributed by atoms with van der Waals surface area (Å²) in [5, 5.41) is 11.9. The number of nitrogens with one attached hydrogen (secondary N) is 2. The summed E-state index contributed by atoms with van der Waals surface area (Å²) in [5.41, 5.74) is 2.14. The molecule has 9 heteroatoms. The van der Waals surface area contributed by atoms with E-state index in [4.69, 9.17) is 27.9 Å². The standard InChI is InChI=1S/C20H19Cl2N5O2/c1-29-11-18(28)24-19-25-20-23-16(12-2-6-14(21)7-3-12)10-17(27(20)26-19)13-4-8-15(22)9-5-13/h2-9,16-17H,10-11H2,1H3,(H2,23,24,25,26,28)/t16-,17-/m0/s1. The molecule has 0 spiro atoms. The zero-order chi connectivity index (χ0) is 20.4. The van der Waals surface area contributed by atoms with Crippen molar-refractivity contribution in [1.29, 1.82) is 0 Å². The van der Waals surface area contributed by atoms with Gasteiger partial charge in [0, 0.05) is 17.2 Å². The highest BCUT2D eigenvalue weighted by Crippen LogP contribution is 2.38. The van der Waals surface area contributed by atoms with E-state index < -0.39 is 0 Å². The molecule has 0 aliphatic carbocycles. The molecule has 150 valence electrons. The van der Waals surface area contributed by atoms with Crippen molar-refractivity contribution in [2.45, 2.75) is 18.5 Å². The van der Waals surface area contributed by atoms with Crippen LogP contribution in [0.5, 0.6) is 0 Å². The number of methoxy groups -OCH3 is 1. The highest BCUT2D eigenvalue weighted by atomic mass is 35.5. The summed E-state index contributed by atoms with van der Waals surface area (Å²) in [6, 6.07) is 15.3. The molecule has 3 aromatic rings. The maximum atomic E-state index is 11.9. The third-order valence-electron chi connectivity index (χ3n) is 4.74. The average Bonchev–Trinajstić information content (AvgIpc) is 3.11. The molecule has 2 atom stereocenters. The van der Waals surface area contributed by atoms with Gasteiger partial charge in [-0.05, 0) is 41.8 Å². The van der Waals surface area contributed by atoms with Gasteiger partial charge in [0.1, 0.15) is 6.61 Å². The maximum Gasteiger partial charge on any atom is 0.252 e. The zero-order valence-electron chi connectivity index (χ0n) is 15.6. The molecular weight excluding hydrogens is 413 g/mol. The Hall–Kier alpha value is -2.61. The van der Waals surface area contributed by atoms with Crippen molar-refractivity contribution < 1.29 is 9.53 Å². The molecule has 2 heterocycles. The van der Waals surface area contributed by atoms with Crippen LogP contribution in [-0.4, -0.2) is 34.4 Å². The topological polar surface area (TPSA) is 81.1 Å². The van der Waals surface area contributed by atoms with Gasteiger partial charge in [-0.1, -0.05) is 47.5 Å². The second kappa shape index (κ2) is 8.41. The van der Waals surface area contributed by atoms with E-state index in [-0.39, 0.29) is 30.5 Å². The number of benzene rings is 2. The number of carbonyl (C=O) groups excluding carboxylic acids is 1. The third kappa shape index (κ3) is 4.37. The van der Waals surface area contributed by atoms with E-state index in [1.165, 1.54) is 7.11 Å². The lowest BCUT2D eigenvalue weighted by Gasteiger charge is -2.31. The quantitative estimate of drug-likeness (QED) is 0.628. The van der Waals surface area contributed by atoms with Crippen LogP contribution < -0.4 is 10.6 Å². The summed E-state index contributed by atoms with van der Waals surface area (Å²) >= 11 is 12.1. The van der Waals surface area contributed by atoms with Crippen molar-refractivity contribution in [3.63, 3.8) is 0 Å². The first-order chi connectivity index (χ1) is 14.0. The molecule has 1 aliphatic rings. The molecule has 1 amide bonds. The van der Waals surface area contributed by atoms with Crippen LogP contribution in [0.15, 0.2) is 48.5 Å². The van der Waals surface area contributed by atoms with Crippen LogP contribution >= 0.6 is 23.2 Å². The maximum absolute atomic E-state index is 11.9. The molecule has 29 heavy (non-hydrogen) atoms. The Kier molecular flexibility index (Phi) is 5.71. The second-order valence-corrected chi connectivity index (χ2v) is 7.61. The van der Waals surface area contributed by atoms with Gasteiger partial charge in [-0.25, -0.2) is 4.68 Å². The predicted octanol–water partition coefficient (Wildman–Crippen LogP) is 4.32. The summed E-state index contributed by atoms with van der Waals surface area (Å²) in [5.74, 6) is 0.488. The Morgan fingerprint density at radius 1 is 1.14 bits per heavy atom. The van der Waals surface area contributed by atoms with Gasteiger partial charge in [-0.2, -0.15) is 4.98 Å². The van der Waals surface area contributed by atoms with Gasteiger partial charge in [0.15, 0.2) is 0 Å². The fraction of sp³-hybridized carbons (Fsp3) is 0.250. The SMILES string of the molecule is COCC(=O)Nc1nc2n(n1)[C@H](c1ccc(Cl)cc1)C[C@@H](c1ccc(Cl)cc1)N2. The molecule has 0 saturated heterocycles. The Morgan fingerprint density at radius 2 is 1.76 bits per heavy atom. The molecule has 2 N–H and O–H groups in total. The summed E-state index contributed by atoms with van der Waals surface area (Å²) in [6.45, 7) is -0.0642. The van der Waals surface area contributed by atoms with Crippen molar-refractivity contribution in [3.05, 3.63) is 69.7 Å². The molecule has 1 aliphatic heterocycles. The lowest BCUT2D eigenvalue weighted by molar-refractivity contribution is -0.119. The third-order valence-corrected chi connectivity index (χ3v) is 5.25. The summed E-state index contributed by atoms with van der Waals surface area (Å²) in [7, 11) is 1.46.